The standard InChI is InChI=1S/C23H23BrFN3O3/c24-17-5-6-18-20(13-17)28(23(31)21(18)29)14-27-11-8-16(9-12-27)22(30)26-10-7-15-3-1-2-4-19(15)25/h1-6,13,16H,7-12,14H2,(H,26,30). The second kappa shape index (κ2) is 9.28. The van der Waals surface area contributed by atoms with Gasteiger partial charge in [0.2, 0.25) is 5.91 Å². The number of rotatable bonds is 6. The fourth-order valence-corrected chi connectivity index (χ4v) is 4.46. The molecule has 0 spiro atoms. The van der Waals surface area contributed by atoms with Crippen molar-refractivity contribution >= 4 is 39.2 Å². The first-order valence-corrected chi connectivity index (χ1v) is 11.1. The highest BCUT2D eigenvalue weighted by Gasteiger charge is 2.37. The van der Waals surface area contributed by atoms with E-state index in [2.05, 4.69) is 26.1 Å². The molecule has 2 aromatic rings. The van der Waals surface area contributed by atoms with Crippen LogP contribution >= 0.6 is 15.9 Å². The number of ketones is 1. The predicted molar refractivity (Wildman–Crippen MR) is 118 cm³/mol. The van der Waals surface area contributed by atoms with Crippen molar-refractivity contribution in [2.45, 2.75) is 19.3 Å². The monoisotopic (exact) mass is 487 g/mol. The Morgan fingerprint density at radius 2 is 1.87 bits per heavy atom. The fraction of sp³-hybridized carbons (Fsp3) is 0.348. The number of benzene rings is 2. The summed E-state index contributed by atoms with van der Waals surface area (Å²) >= 11 is 3.39. The molecule has 162 valence electrons. The zero-order valence-electron chi connectivity index (χ0n) is 16.9. The van der Waals surface area contributed by atoms with Crippen molar-refractivity contribution in [3.8, 4) is 0 Å². The van der Waals surface area contributed by atoms with Gasteiger partial charge in [0, 0.05) is 30.0 Å². The summed E-state index contributed by atoms with van der Waals surface area (Å²) in [5, 5.41) is 2.91. The maximum absolute atomic E-state index is 13.7. The minimum Gasteiger partial charge on any atom is -0.356 e. The van der Waals surface area contributed by atoms with E-state index in [4.69, 9.17) is 0 Å². The van der Waals surface area contributed by atoms with E-state index in [1.165, 1.54) is 11.0 Å². The largest absolute Gasteiger partial charge is 0.356 e. The number of likely N-dealkylation sites (tertiary alicyclic amines) is 1. The molecule has 0 aliphatic carbocycles. The highest BCUT2D eigenvalue weighted by Crippen LogP contribution is 2.32. The molecule has 2 amide bonds. The van der Waals surface area contributed by atoms with E-state index < -0.39 is 11.7 Å². The van der Waals surface area contributed by atoms with Crippen molar-refractivity contribution in [2.24, 2.45) is 5.92 Å². The molecule has 0 radical (unpaired) electrons. The lowest BCUT2D eigenvalue weighted by Gasteiger charge is -2.33. The topological polar surface area (TPSA) is 69.7 Å². The molecule has 6 nitrogen and oxygen atoms in total. The number of nitrogens with zero attached hydrogens (tertiary/aromatic N) is 2. The Hall–Kier alpha value is -2.58. The Labute approximate surface area is 188 Å². The smallest absolute Gasteiger partial charge is 0.300 e. The Morgan fingerprint density at radius 3 is 2.61 bits per heavy atom. The second-order valence-electron chi connectivity index (χ2n) is 7.89. The normalized spacial score (nSPS) is 17.2. The molecule has 0 aromatic heterocycles. The molecule has 1 saturated heterocycles. The van der Waals surface area contributed by atoms with E-state index in [0.29, 0.717) is 62.4 Å². The molecule has 2 aromatic carbocycles. The van der Waals surface area contributed by atoms with Gasteiger partial charge in [-0.05, 0) is 49.1 Å². The third kappa shape index (κ3) is 4.70. The van der Waals surface area contributed by atoms with Crippen LogP contribution in [0.5, 0.6) is 0 Å². The molecular weight excluding hydrogens is 465 g/mol. The van der Waals surface area contributed by atoms with E-state index in [9.17, 15) is 18.8 Å². The highest BCUT2D eigenvalue weighted by atomic mass is 79.9. The first-order chi connectivity index (χ1) is 14.9. The first-order valence-electron chi connectivity index (χ1n) is 10.3. The van der Waals surface area contributed by atoms with Crippen LogP contribution in [0.2, 0.25) is 0 Å². The van der Waals surface area contributed by atoms with Crippen LogP contribution in [0.25, 0.3) is 0 Å². The summed E-state index contributed by atoms with van der Waals surface area (Å²) < 4.78 is 14.5. The lowest BCUT2D eigenvalue weighted by atomic mass is 9.96. The van der Waals surface area contributed by atoms with Gasteiger partial charge in [-0.1, -0.05) is 34.1 Å². The number of carbonyl (C=O) groups excluding carboxylic acids is 3. The van der Waals surface area contributed by atoms with Gasteiger partial charge in [0.25, 0.3) is 5.78 Å². The van der Waals surface area contributed by atoms with Gasteiger partial charge in [0.1, 0.15) is 5.82 Å². The molecule has 1 N–H and O–H groups in total. The number of piperidine rings is 1. The molecule has 4 rings (SSSR count). The molecule has 0 bridgehead atoms. The lowest BCUT2D eigenvalue weighted by molar-refractivity contribution is -0.126. The minimum absolute atomic E-state index is 0.0160. The molecule has 2 heterocycles. The van der Waals surface area contributed by atoms with Gasteiger partial charge in [-0.15, -0.1) is 0 Å². The van der Waals surface area contributed by atoms with Gasteiger partial charge in [-0.25, -0.2) is 4.39 Å². The Balaban J connectivity index is 1.27. The minimum atomic E-state index is -0.513. The van der Waals surface area contributed by atoms with Crippen molar-refractivity contribution in [3.63, 3.8) is 0 Å². The average Bonchev–Trinajstić information content (AvgIpc) is 2.99. The summed E-state index contributed by atoms with van der Waals surface area (Å²) in [4.78, 5) is 40.7. The number of amides is 2. The van der Waals surface area contributed by atoms with E-state index in [1.54, 1.807) is 36.4 Å². The predicted octanol–water partition coefficient (Wildman–Crippen LogP) is 3.15. The third-order valence-electron chi connectivity index (χ3n) is 5.89. The maximum Gasteiger partial charge on any atom is 0.300 e. The van der Waals surface area contributed by atoms with Gasteiger partial charge < -0.3 is 5.32 Å². The molecule has 2 aliphatic heterocycles. The fourth-order valence-electron chi connectivity index (χ4n) is 4.11. The van der Waals surface area contributed by atoms with Crippen molar-refractivity contribution < 1.29 is 18.8 Å². The summed E-state index contributed by atoms with van der Waals surface area (Å²) in [6, 6.07) is 11.8. The average molecular weight is 488 g/mol. The lowest BCUT2D eigenvalue weighted by Crippen LogP contribution is -2.46. The number of fused-ring (bicyclic) bond motifs is 1. The van der Waals surface area contributed by atoms with Crippen LogP contribution < -0.4 is 10.2 Å². The zero-order chi connectivity index (χ0) is 22.0. The molecule has 2 aliphatic rings. The molecule has 0 unspecified atom stereocenters. The number of nitrogens with one attached hydrogen (secondary N) is 1. The van der Waals surface area contributed by atoms with Crippen LogP contribution in [-0.4, -0.2) is 48.8 Å². The first kappa shape index (κ1) is 21.6. The summed E-state index contributed by atoms with van der Waals surface area (Å²) in [6.07, 6.45) is 1.80. The number of hydrogen-bond donors (Lipinski definition) is 1. The molecular formula is C23H23BrFN3O3. The van der Waals surface area contributed by atoms with Crippen LogP contribution in [0, 0.1) is 11.7 Å². The Bertz CT molecular complexity index is 1020. The number of halogens is 2. The maximum atomic E-state index is 13.7. The van der Waals surface area contributed by atoms with Crippen molar-refractivity contribution in [2.75, 3.05) is 31.2 Å². The number of anilines is 1. The molecule has 8 heteroatoms. The number of carbonyl (C=O) groups is 3. The van der Waals surface area contributed by atoms with Gasteiger partial charge in [-0.3, -0.25) is 24.2 Å². The van der Waals surface area contributed by atoms with Crippen LogP contribution in [0.3, 0.4) is 0 Å². The zero-order valence-corrected chi connectivity index (χ0v) is 18.5. The van der Waals surface area contributed by atoms with Crippen LogP contribution in [0.4, 0.5) is 10.1 Å². The van der Waals surface area contributed by atoms with Crippen LogP contribution in [-0.2, 0) is 16.0 Å². The van der Waals surface area contributed by atoms with E-state index >= 15 is 0 Å². The highest BCUT2D eigenvalue weighted by molar-refractivity contribution is 9.10. The van der Waals surface area contributed by atoms with Gasteiger partial charge in [0.15, 0.2) is 0 Å². The molecule has 0 saturated carbocycles. The summed E-state index contributed by atoms with van der Waals surface area (Å²) in [7, 11) is 0. The number of hydrogen-bond acceptors (Lipinski definition) is 4. The molecule has 31 heavy (non-hydrogen) atoms. The third-order valence-corrected chi connectivity index (χ3v) is 6.38. The van der Waals surface area contributed by atoms with Gasteiger partial charge >= 0.3 is 5.91 Å². The molecule has 0 atom stereocenters. The van der Waals surface area contributed by atoms with Gasteiger partial charge in [0.05, 0.1) is 17.9 Å². The van der Waals surface area contributed by atoms with Crippen molar-refractivity contribution in [1.29, 1.82) is 0 Å². The quantitative estimate of drug-likeness (QED) is 0.635. The van der Waals surface area contributed by atoms with Gasteiger partial charge in [-0.2, -0.15) is 0 Å². The Kier molecular flexibility index (Phi) is 6.48. The summed E-state index contributed by atoms with van der Waals surface area (Å²) in [5.41, 5.74) is 1.64. The number of Topliss-reactive ketones (excluding diaryl/α,β-unsaturated/α-hetero) is 1. The van der Waals surface area contributed by atoms with Crippen LogP contribution in [0.1, 0.15) is 28.8 Å². The van der Waals surface area contributed by atoms with Crippen molar-refractivity contribution in [3.05, 3.63) is 63.9 Å². The summed E-state index contributed by atoms with van der Waals surface area (Å²) in [5.74, 6) is -1.37. The van der Waals surface area contributed by atoms with Crippen LogP contribution in [0.15, 0.2) is 46.9 Å². The second-order valence-corrected chi connectivity index (χ2v) is 8.81. The van der Waals surface area contributed by atoms with E-state index in [0.717, 1.165) is 4.47 Å². The SMILES string of the molecule is O=C1C(=O)N(CN2CCC(C(=O)NCCc3ccccc3F)CC2)c2cc(Br)ccc21. The summed E-state index contributed by atoms with van der Waals surface area (Å²) in [6.45, 7) is 2.05. The molecule has 1 fully saturated rings. The van der Waals surface area contributed by atoms with Crippen molar-refractivity contribution in [1.82, 2.24) is 10.2 Å². The van der Waals surface area contributed by atoms with E-state index in [1.807, 2.05) is 0 Å². The Morgan fingerprint density at radius 1 is 1.13 bits per heavy atom. The van der Waals surface area contributed by atoms with E-state index in [-0.39, 0.29) is 17.6 Å².